The Morgan fingerprint density at radius 3 is 2.74 bits per heavy atom. The molecule has 0 saturated heterocycles. The van der Waals surface area contributed by atoms with Crippen molar-refractivity contribution in [3.8, 4) is 5.75 Å². The summed E-state index contributed by atoms with van der Waals surface area (Å²) in [6.07, 6.45) is 3.27. The van der Waals surface area contributed by atoms with Crippen LogP contribution in [0.4, 0.5) is 9.52 Å². The highest BCUT2D eigenvalue weighted by atomic mass is 32.1. The first-order chi connectivity index (χ1) is 17.0. The molecule has 0 fully saturated rings. The zero-order valence-electron chi connectivity index (χ0n) is 18.7. The number of ketones is 1. The van der Waals surface area contributed by atoms with Crippen LogP contribution in [0.2, 0.25) is 0 Å². The Labute approximate surface area is 204 Å². The first-order valence-corrected chi connectivity index (χ1v) is 11.9. The molecule has 3 heterocycles. The van der Waals surface area contributed by atoms with Crippen molar-refractivity contribution in [1.29, 1.82) is 0 Å². The van der Waals surface area contributed by atoms with E-state index in [1.54, 1.807) is 30.3 Å². The van der Waals surface area contributed by atoms with Crippen molar-refractivity contribution in [2.75, 3.05) is 11.5 Å². The summed E-state index contributed by atoms with van der Waals surface area (Å²) in [5, 5.41) is 11.1. The van der Waals surface area contributed by atoms with Crippen LogP contribution in [0.15, 0.2) is 76.6 Å². The summed E-state index contributed by atoms with van der Waals surface area (Å²) < 4.78 is 25.3. The summed E-state index contributed by atoms with van der Waals surface area (Å²) in [5.41, 5.74) is 0.962. The molecular formula is C26H21FN2O5S. The number of amides is 1. The molecule has 9 heteroatoms. The summed E-state index contributed by atoms with van der Waals surface area (Å²) in [6.45, 7) is 2.65. The van der Waals surface area contributed by atoms with E-state index < -0.39 is 29.3 Å². The van der Waals surface area contributed by atoms with Crippen molar-refractivity contribution in [2.45, 2.75) is 25.8 Å². The fourth-order valence-electron chi connectivity index (χ4n) is 3.96. The molecule has 35 heavy (non-hydrogen) atoms. The molecule has 1 aliphatic heterocycles. The number of halogens is 1. The van der Waals surface area contributed by atoms with E-state index >= 15 is 0 Å². The van der Waals surface area contributed by atoms with Gasteiger partial charge in [-0.2, -0.15) is 0 Å². The Bertz CT molecular complexity index is 1430. The number of hydrogen-bond donors (Lipinski definition) is 1. The zero-order chi connectivity index (χ0) is 24.5. The van der Waals surface area contributed by atoms with E-state index in [0.29, 0.717) is 28.1 Å². The first kappa shape index (κ1) is 22.8. The minimum atomic E-state index is -0.963. The molecule has 2 aromatic heterocycles. The molecule has 1 unspecified atom stereocenters. The molecule has 0 saturated carbocycles. The van der Waals surface area contributed by atoms with E-state index in [4.69, 9.17) is 9.15 Å². The Kier molecular flexibility index (Phi) is 6.08. The van der Waals surface area contributed by atoms with Crippen molar-refractivity contribution in [2.24, 2.45) is 0 Å². The number of unbranched alkanes of at least 4 members (excludes halogenated alkanes) is 1. The zero-order valence-corrected chi connectivity index (χ0v) is 19.5. The number of fused-ring (bicyclic) bond motifs is 1. The Hall–Kier alpha value is -3.98. The van der Waals surface area contributed by atoms with Gasteiger partial charge in [0.1, 0.15) is 11.6 Å². The summed E-state index contributed by atoms with van der Waals surface area (Å²) in [4.78, 5) is 32.3. The van der Waals surface area contributed by atoms with Gasteiger partial charge < -0.3 is 14.3 Å². The SMILES string of the molecule is CCCCOc1ccc(C2C(C(=O)c3ccco3)=C(O)C(=O)N2c2nc3ccc(F)cc3s2)cc1. The van der Waals surface area contributed by atoms with Crippen LogP contribution in [0.3, 0.4) is 0 Å². The molecule has 5 rings (SSSR count). The average molecular weight is 493 g/mol. The topological polar surface area (TPSA) is 92.9 Å². The van der Waals surface area contributed by atoms with E-state index in [1.807, 2.05) is 0 Å². The molecule has 178 valence electrons. The van der Waals surface area contributed by atoms with E-state index in [-0.39, 0.29) is 16.5 Å². The van der Waals surface area contributed by atoms with Gasteiger partial charge in [-0.3, -0.25) is 14.5 Å². The minimum absolute atomic E-state index is 0.00269. The lowest BCUT2D eigenvalue weighted by atomic mass is 9.95. The highest BCUT2D eigenvalue weighted by molar-refractivity contribution is 7.22. The van der Waals surface area contributed by atoms with Crippen LogP contribution in [-0.4, -0.2) is 28.4 Å². The highest BCUT2D eigenvalue weighted by Gasteiger charge is 2.46. The number of ether oxygens (including phenoxy) is 1. The number of aliphatic hydroxyl groups excluding tert-OH is 1. The molecule has 1 N–H and O–H groups in total. The predicted octanol–water partition coefficient (Wildman–Crippen LogP) is 5.99. The maximum Gasteiger partial charge on any atom is 0.296 e. The number of hydrogen-bond acceptors (Lipinski definition) is 7. The third-order valence-corrected chi connectivity index (χ3v) is 6.72. The molecule has 1 atom stereocenters. The molecule has 0 radical (unpaired) electrons. The third kappa shape index (κ3) is 4.19. The fourth-order valence-corrected chi connectivity index (χ4v) is 4.98. The summed E-state index contributed by atoms with van der Waals surface area (Å²) >= 11 is 1.10. The largest absolute Gasteiger partial charge is 0.503 e. The lowest BCUT2D eigenvalue weighted by molar-refractivity contribution is -0.117. The number of rotatable bonds is 8. The summed E-state index contributed by atoms with van der Waals surface area (Å²) in [7, 11) is 0. The molecule has 4 aromatic rings. The van der Waals surface area contributed by atoms with Crippen molar-refractivity contribution in [3.05, 3.63) is 89.3 Å². The average Bonchev–Trinajstić information content (AvgIpc) is 3.58. The lowest BCUT2D eigenvalue weighted by Crippen LogP contribution is -2.30. The minimum Gasteiger partial charge on any atom is -0.503 e. The third-order valence-electron chi connectivity index (χ3n) is 5.71. The maximum atomic E-state index is 13.8. The van der Waals surface area contributed by atoms with Gasteiger partial charge in [-0.25, -0.2) is 9.37 Å². The quantitative estimate of drug-likeness (QED) is 0.240. The molecule has 0 bridgehead atoms. The number of Topliss-reactive ketones (excluding diaryl/α,β-unsaturated/α-hetero) is 1. The number of benzene rings is 2. The number of aromatic nitrogens is 1. The molecule has 1 amide bonds. The van der Waals surface area contributed by atoms with Crippen LogP contribution in [0.5, 0.6) is 5.75 Å². The van der Waals surface area contributed by atoms with Gasteiger partial charge in [0.05, 0.1) is 34.7 Å². The second-order valence-corrected chi connectivity index (χ2v) is 9.04. The van der Waals surface area contributed by atoms with Crippen LogP contribution in [0, 0.1) is 5.82 Å². The number of carbonyl (C=O) groups is 2. The van der Waals surface area contributed by atoms with Crippen molar-refractivity contribution < 1.29 is 28.2 Å². The second-order valence-electron chi connectivity index (χ2n) is 8.03. The molecule has 7 nitrogen and oxygen atoms in total. The first-order valence-electron chi connectivity index (χ1n) is 11.1. The Morgan fingerprint density at radius 1 is 1.23 bits per heavy atom. The lowest BCUT2D eigenvalue weighted by Gasteiger charge is -2.24. The van der Waals surface area contributed by atoms with Crippen LogP contribution in [0.1, 0.15) is 41.9 Å². The van der Waals surface area contributed by atoms with Crippen LogP contribution in [-0.2, 0) is 4.79 Å². The van der Waals surface area contributed by atoms with E-state index in [2.05, 4.69) is 11.9 Å². The van der Waals surface area contributed by atoms with Crippen LogP contribution < -0.4 is 9.64 Å². The smallest absolute Gasteiger partial charge is 0.296 e. The standard InChI is InChI=1S/C26H21FN2O5S/c1-2-3-12-33-17-9-6-15(7-10-17)22-21(23(30)19-5-4-13-34-19)24(31)25(32)29(22)26-28-18-11-8-16(27)14-20(18)35-26/h4-11,13-14,22,31H,2-3,12H2,1H3. The summed E-state index contributed by atoms with van der Waals surface area (Å²) in [6, 6.07) is 13.2. The predicted molar refractivity (Wildman–Crippen MR) is 129 cm³/mol. The number of anilines is 1. The van der Waals surface area contributed by atoms with Crippen molar-refractivity contribution in [3.63, 3.8) is 0 Å². The van der Waals surface area contributed by atoms with Gasteiger partial charge in [-0.05, 0) is 54.4 Å². The normalized spacial score (nSPS) is 15.9. The number of furan rings is 1. The Balaban J connectivity index is 1.59. The number of aliphatic hydroxyl groups is 1. The summed E-state index contributed by atoms with van der Waals surface area (Å²) in [5.74, 6) is -1.83. The van der Waals surface area contributed by atoms with Gasteiger partial charge in [0.25, 0.3) is 5.91 Å². The van der Waals surface area contributed by atoms with E-state index in [1.165, 1.54) is 35.4 Å². The van der Waals surface area contributed by atoms with Gasteiger partial charge in [0.2, 0.25) is 5.78 Å². The fraction of sp³-hybridized carbons (Fsp3) is 0.192. The van der Waals surface area contributed by atoms with Gasteiger partial charge >= 0.3 is 0 Å². The number of thiazole rings is 1. The highest BCUT2D eigenvalue weighted by Crippen LogP contribution is 2.44. The van der Waals surface area contributed by atoms with Crippen molar-refractivity contribution >= 4 is 38.4 Å². The van der Waals surface area contributed by atoms with Crippen molar-refractivity contribution in [1.82, 2.24) is 4.98 Å². The second kappa shape index (κ2) is 9.34. The molecule has 0 aliphatic carbocycles. The van der Waals surface area contributed by atoms with E-state index in [9.17, 15) is 19.1 Å². The molecule has 2 aromatic carbocycles. The van der Waals surface area contributed by atoms with Gasteiger partial charge in [-0.15, -0.1) is 0 Å². The molecular weight excluding hydrogens is 471 g/mol. The van der Waals surface area contributed by atoms with Crippen LogP contribution in [0.25, 0.3) is 10.2 Å². The Morgan fingerprint density at radius 2 is 2.03 bits per heavy atom. The van der Waals surface area contributed by atoms with E-state index in [0.717, 1.165) is 24.2 Å². The molecule has 1 aliphatic rings. The van der Waals surface area contributed by atoms with Crippen LogP contribution >= 0.6 is 11.3 Å². The monoisotopic (exact) mass is 492 g/mol. The van der Waals surface area contributed by atoms with Gasteiger partial charge in [-0.1, -0.05) is 36.8 Å². The number of carbonyl (C=O) groups excluding carboxylic acids is 2. The molecule has 0 spiro atoms. The maximum absolute atomic E-state index is 13.8. The van der Waals surface area contributed by atoms with Gasteiger partial charge in [0.15, 0.2) is 16.7 Å². The number of nitrogens with zero attached hydrogens (tertiary/aromatic N) is 2. The van der Waals surface area contributed by atoms with Gasteiger partial charge in [0, 0.05) is 0 Å².